The molecule has 0 spiro atoms. The van der Waals surface area contributed by atoms with Gasteiger partial charge in [-0.3, -0.25) is 14.5 Å². The molecule has 0 aliphatic carbocycles. The summed E-state index contributed by atoms with van der Waals surface area (Å²) in [6.45, 7) is 2.83. The lowest BCUT2D eigenvalue weighted by molar-refractivity contribution is -0.143. The van der Waals surface area contributed by atoms with E-state index in [1.165, 1.54) is 4.90 Å². The third-order valence-corrected chi connectivity index (χ3v) is 5.94. The van der Waals surface area contributed by atoms with Crippen LogP contribution in [0.25, 0.3) is 5.69 Å². The maximum Gasteiger partial charge on any atom is 0.435 e. The number of alkyl halides is 3. The molecular weight excluding hydrogens is 444 g/mol. The zero-order chi connectivity index (χ0) is 23.6. The van der Waals surface area contributed by atoms with Crippen LogP contribution in [-0.4, -0.2) is 87.3 Å². The minimum atomic E-state index is -4.90. The predicted molar refractivity (Wildman–Crippen MR) is 109 cm³/mol. The van der Waals surface area contributed by atoms with Crippen LogP contribution in [0.1, 0.15) is 35.4 Å². The smallest absolute Gasteiger partial charge is 0.342 e. The molecule has 2 aliphatic rings. The van der Waals surface area contributed by atoms with Crippen LogP contribution in [0.2, 0.25) is 0 Å². The number of piperidine rings is 1. The van der Waals surface area contributed by atoms with Crippen LogP contribution in [0, 0.1) is 5.82 Å². The number of aromatic nitrogens is 3. The summed E-state index contributed by atoms with van der Waals surface area (Å²) in [6, 6.07) is 4.27. The summed E-state index contributed by atoms with van der Waals surface area (Å²) in [7, 11) is 0. The third kappa shape index (κ3) is 5.15. The maximum absolute atomic E-state index is 13.8. The van der Waals surface area contributed by atoms with Crippen molar-refractivity contribution in [3.8, 4) is 5.69 Å². The minimum absolute atomic E-state index is 0.0380. The maximum atomic E-state index is 13.8. The van der Waals surface area contributed by atoms with Crippen molar-refractivity contribution in [2.24, 2.45) is 0 Å². The lowest BCUT2D eigenvalue weighted by atomic mass is 10.1. The van der Waals surface area contributed by atoms with E-state index in [4.69, 9.17) is 0 Å². The van der Waals surface area contributed by atoms with Crippen LogP contribution in [-0.2, 0) is 11.0 Å². The SMILES string of the molecule is O=C(CN1CCN(C(=O)c2nnn(-c3ccc(F)cc3)c2C(F)(F)F)CC1)N1CCCCC1. The van der Waals surface area contributed by atoms with Gasteiger partial charge >= 0.3 is 6.18 Å². The Balaban J connectivity index is 1.44. The molecule has 2 aromatic rings. The molecule has 1 aromatic carbocycles. The second-order valence-corrected chi connectivity index (χ2v) is 8.18. The van der Waals surface area contributed by atoms with E-state index in [2.05, 4.69) is 10.3 Å². The van der Waals surface area contributed by atoms with Crippen LogP contribution in [0.4, 0.5) is 17.6 Å². The van der Waals surface area contributed by atoms with Crippen LogP contribution in [0.5, 0.6) is 0 Å². The Morgan fingerprint density at radius 1 is 0.879 bits per heavy atom. The molecule has 2 aliphatic heterocycles. The molecule has 4 rings (SSSR count). The normalized spacial score (nSPS) is 17.9. The monoisotopic (exact) mass is 468 g/mol. The number of carbonyl (C=O) groups excluding carboxylic acids is 2. The number of carbonyl (C=O) groups is 2. The molecule has 0 saturated carbocycles. The van der Waals surface area contributed by atoms with Crippen LogP contribution >= 0.6 is 0 Å². The van der Waals surface area contributed by atoms with Gasteiger partial charge in [-0.2, -0.15) is 13.2 Å². The number of piperazine rings is 1. The van der Waals surface area contributed by atoms with Gasteiger partial charge in [-0.1, -0.05) is 5.21 Å². The number of hydrogen-bond acceptors (Lipinski definition) is 5. The van der Waals surface area contributed by atoms with Gasteiger partial charge in [0.2, 0.25) is 5.91 Å². The molecular formula is C21H24F4N6O2. The highest BCUT2D eigenvalue weighted by Crippen LogP contribution is 2.33. The van der Waals surface area contributed by atoms with E-state index in [1.54, 1.807) is 0 Å². The molecule has 1 aromatic heterocycles. The first-order valence-electron chi connectivity index (χ1n) is 10.8. The van der Waals surface area contributed by atoms with Crippen molar-refractivity contribution in [2.45, 2.75) is 25.4 Å². The molecule has 0 N–H and O–H groups in total. The molecule has 3 heterocycles. The molecule has 0 radical (unpaired) electrons. The molecule has 0 bridgehead atoms. The standard InChI is InChI=1S/C21H24F4N6O2/c22-15-4-6-16(7-5-15)31-19(21(23,24)25)18(26-27-31)20(33)30-12-10-28(11-13-30)14-17(32)29-8-2-1-3-9-29/h4-7H,1-3,8-14H2. The molecule has 33 heavy (non-hydrogen) atoms. The van der Waals surface area contributed by atoms with E-state index in [1.807, 2.05) is 9.80 Å². The fraction of sp³-hybridized carbons (Fsp3) is 0.524. The summed E-state index contributed by atoms with van der Waals surface area (Å²) in [6.07, 6.45) is -1.79. The number of halogens is 4. The Morgan fingerprint density at radius 2 is 1.52 bits per heavy atom. The topological polar surface area (TPSA) is 74.6 Å². The first kappa shape index (κ1) is 23.1. The largest absolute Gasteiger partial charge is 0.435 e. The molecule has 0 unspecified atom stereocenters. The Hall–Kier alpha value is -3.02. The predicted octanol–water partition coefficient (Wildman–Crippen LogP) is 2.20. The van der Waals surface area contributed by atoms with E-state index in [9.17, 15) is 27.2 Å². The minimum Gasteiger partial charge on any atom is -0.342 e. The molecule has 2 saturated heterocycles. The van der Waals surface area contributed by atoms with Gasteiger partial charge in [0.25, 0.3) is 5.91 Å². The van der Waals surface area contributed by atoms with E-state index < -0.39 is 29.3 Å². The first-order valence-corrected chi connectivity index (χ1v) is 10.8. The molecule has 0 atom stereocenters. The third-order valence-electron chi connectivity index (χ3n) is 5.94. The van der Waals surface area contributed by atoms with E-state index in [0.29, 0.717) is 17.8 Å². The van der Waals surface area contributed by atoms with Gasteiger partial charge in [-0.15, -0.1) is 5.10 Å². The highest BCUT2D eigenvalue weighted by atomic mass is 19.4. The van der Waals surface area contributed by atoms with Gasteiger partial charge in [-0.05, 0) is 43.5 Å². The zero-order valence-electron chi connectivity index (χ0n) is 17.9. The number of likely N-dealkylation sites (tertiary alicyclic amines) is 1. The average molecular weight is 468 g/mol. The Bertz CT molecular complexity index is 993. The lowest BCUT2D eigenvalue weighted by Gasteiger charge is -2.35. The number of nitrogens with zero attached hydrogens (tertiary/aromatic N) is 6. The van der Waals surface area contributed by atoms with Gasteiger partial charge in [0.15, 0.2) is 11.4 Å². The van der Waals surface area contributed by atoms with E-state index in [0.717, 1.165) is 56.6 Å². The van der Waals surface area contributed by atoms with Crippen LogP contribution in [0.3, 0.4) is 0 Å². The van der Waals surface area contributed by atoms with E-state index in [-0.39, 0.29) is 31.2 Å². The molecule has 12 heteroatoms. The van der Waals surface area contributed by atoms with E-state index >= 15 is 0 Å². The molecule has 178 valence electrons. The van der Waals surface area contributed by atoms with Crippen LogP contribution < -0.4 is 0 Å². The second kappa shape index (κ2) is 9.46. The number of hydrogen-bond donors (Lipinski definition) is 0. The van der Waals surface area contributed by atoms with Gasteiger partial charge in [0.05, 0.1) is 12.2 Å². The average Bonchev–Trinajstić information content (AvgIpc) is 3.26. The van der Waals surface area contributed by atoms with Gasteiger partial charge in [0.1, 0.15) is 5.82 Å². The van der Waals surface area contributed by atoms with Gasteiger partial charge in [-0.25, -0.2) is 9.07 Å². The van der Waals surface area contributed by atoms with Crippen molar-refractivity contribution in [1.82, 2.24) is 29.7 Å². The summed E-state index contributed by atoms with van der Waals surface area (Å²) in [4.78, 5) is 30.4. The molecule has 2 amide bonds. The quantitative estimate of drug-likeness (QED) is 0.644. The van der Waals surface area contributed by atoms with Crippen molar-refractivity contribution in [1.29, 1.82) is 0 Å². The highest BCUT2D eigenvalue weighted by Gasteiger charge is 2.43. The zero-order valence-corrected chi connectivity index (χ0v) is 17.9. The number of rotatable bonds is 4. The number of amides is 2. The van der Waals surface area contributed by atoms with Crippen molar-refractivity contribution < 1.29 is 27.2 Å². The van der Waals surface area contributed by atoms with Gasteiger partial charge in [0, 0.05) is 39.3 Å². The van der Waals surface area contributed by atoms with Gasteiger partial charge < -0.3 is 9.80 Å². The Labute approximate surface area is 187 Å². The lowest BCUT2D eigenvalue weighted by Crippen LogP contribution is -2.52. The summed E-state index contributed by atoms with van der Waals surface area (Å²) in [5.41, 5.74) is -2.16. The summed E-state index contributed by atoms with van der Waals surface area (Å²) >= 11 is 0. The fourth-order valence-electron chi connectivity index (χ4n) is 4.14. The first-order chi connectivity index (χ1) is 15.7. The van der Waals surface area contributed by atoms with Crippen LogP contribution in [0.15, 0.2) is 24.3 Å². The van der Waals surface area contributed by atoms with Crippen molar-refractivity contribution in [2.75, 3.05) is 45.8 Å². The molecule has 8 nitrogen and oxygen atoms in total. The molecule has 2 fully saturated rings. The fourth-order valence-corrected chi connectivity index (χ4v) is 4.14. The van der Waals surface area contributed by atoms with Crippen molar-refractivity contribution in [3.05, 3.63) is 41.5 Å². The Morgan fingerprint density at radius 3 is 2.12 bits per heavy atom. The summed E-state index contributed by atoms with van der Waals surface area (Å²) < 4.78 is 55.1. The van der Waals surface area contributed by atoms with Crippen molar-refractivity contribution in [3.63, 3.8) is 0 Å². The number of benzene rings is 1. The van der Waals surface area contributed by atoms with Crippen molar-refractivity contribution >= 4 is 11.8 Å². The summed E-state index contributed by atoms with van der Waals surface area (Å²) in [5, 5.41) is 7.04. The highest BCUT2D eigenvalue weighted by molar-refractivity contribution is 5.93. The second-order valence-electron chi connectivity index (χ2n) is 8.18. The Kier molecular flexibility index (Phi) is 6.63. The summed E-state index contributed by atoms with van der Waals surface area (Å²) in [5.74, 6) is -1.45.